The number of carbonyl (C=O) groups is 1. The predicted octanol–water partition coefficient (Wildman–Crippen LogP) is 2.18. The normalized spacial score (nSPS) is 11.5. The molecule has 3 heterocycles. The third kappa shape index (κ3) is 2.31. The van der Waals surface area contributed by atoms with Gasteiger partial charge in [0.1, 0.15) is 11.5 Å². The Labute approximate surface area is 121 Å². The van der Waals surface area contributed by atoms with E-state index < -0.39 is 5.97 Å². The summed E-state index contributed by atoms with van der Waals surface area (Å²) in [5, 5.41) is 8.87. The van der Waals surface area contributed by atoms with Crippen LogP contribution >= 0.6 is 0 Å². The summed E-state index contributed by atoms with van der Waals surface area (Å²) in [5.41, 5.74) is 1.47. The lowest BCUT2D eigenvalue weighted by Gasteiger charge is -2.04. The van der Waals surface area contributed by atoms with Crippen molar-refractivity contribution in [3.05, 3.63) is 54.4 Å². The van der Waals surface area contributed by atoms with Crippen molar-refractivity contribution in [1.29, 1.82) is 0 Å². The number of rotatable bonds is 4. The van der Waals surface area contributed by atoms with Crippen LogP contribution in [0, 0.1) is 0 Å². The number of aryl methyl sites for hydroxylation is 1. The van der Waals surface area contributed by atoms with E-state index >= 15 is 0 Å². The van der Waals surface area contributed by atoms with E-state index in [-0.39, 0.29) is 0 Å². The van der Waals surface area contributed by atoms with E-state index in [0.717, 1.165) is 24.0 Å². The molecule has 1 N–H and O–H groups in total. The van der Waals surface area contributed by atoms with Crippen LogP contribution in [0.25, 0.3) is 17.5 Å². The molecule has 21 heavy (non-hydrogen) atoms. The van der Waals surface area contributed by atoms with E-state index in [1.165, 1.54) is 0 Å². The molecule has 0 aromatic carbocycles. The number of nitrogens with zero attached hydrogens (tertiary/aromatic N) is 4. The van der Waals surface area contributed by atoms with Crippen LogP contribution in [-0.4, -0.2) is 30.0 Å². The van der Waals surface area contributed by atoms with Gasteiger partial charge in [0, 0.05) is 31.1 Å². The van der Waals surface area contributed by atoms with Crippen molar-refractivity contribution in [2.45, 2.75) is 13.3 Å². The van der Waals surface area contributed by atoms with Gasteiger partial charge < -0.3 is 5.11 Å². The lowest BCUT2D eigenvalue weighted by molar-refractivity contribution is -0.131. The van der Waals surface area contributed by atoms with E-state index in [0.29, 0.717) is 11.5 Å². The smallest absolute Gasteiger partial charge is 0.328 e. The first-order valence-electron chi connectivity index (χ1n) is 6.61. The Morgan fingerprint density at radius 2 is 2.24 bits per heavy atom. The molecule has 0 aliphatic carbocycles. The minimum Gasteiger partial charge on any atom is -0.478 e. The summed E-state index contributed by atoms with van der Waals surface area (Å²) >= 11 is 0. The number of pyridine rings is 1. The average molecular weight is 282 g/mol. The van der Waals surface area contributed by atoms with E-state index in [1.54, 1.807) is 12.3 Å². The predicted molar refractivity (Wildman–Crippen MR) is 78.4 cm³/mol. The van der Waals surface area contributed by atoms with E-state index in [2.05, 4.69) is 9.97 Å². The van der Waals surface area contributed by atoms with Crippen molar-refractivity contribution in [2.75, 3.05) is 0 Å². The zero-order chi connectivity index (χ0) is 14.8. The maximum absolute atomic E-state index is 10.8. The minimum absolute atomic E-state index is 0.674. The molecule has 0 fully saturated rings. The van der Waals surface area contributed by atoms with E-state index in [1.807, 2.05) is 46.5 Å². The van der Waals surface area contributed by atoms with Crippen molar-refractivity contribution in [3.8, 4) is 5.82 Å². The summed E-state index contributed by atoms with van der Waals surface area (Å²) in [6.45, 7) is 2.02. The number of hydrogen-bond acceptors (Lipinski definition) is 3. The van der Waals surface area contributed by atoms with Crippen LogP contribution in [0.2, 0.25) is 0 Å². The maximum atomic E-state index is 10.8. The zero-order valence-corrected chi connectivity index (χ0v) is 11.5. The second-order valence-corrected chi connectivity index (χ2v) is 4.49. The number of fused-ring (bicyclic) bond motifs is 1. The number of hydrogen-bond donors (Lipinski definition) is 1. The van der Waals surface area contributed by atoms with Gasteiger partial charge in [-0.3, -0.25) is 8.97 Å². The van der Waals surface area contributed by atoms with Crippen molar-refractivity contribution in [2.24, 2.45) is 0 Å². The first-order valence-corrected chi connectivity index (χ1v) is 6.61. The summed E-state index contributed by atoms with van der Waals surface area (Å²) in [5.74, 6) is 0.560. The van der Waals surface area contributed by atoms with Gasteiger partial charge >= 0.3 is 5.97 Å². The first-order chi connectivity index (χ1) is 10.2. The third-order valence-corrected chi connectivity index (χ3v) is 3.19. The Balaban J connectivity index is 2.26. The first kappa shape index (κ1) is 13.1. The summed E-state index contributed by atoms with van der Waals surface area (Å²) in [4.78, 5) is 19.7. The fourth-order valence-electron chi connectivity index (χ4n) is 2.27. The lowest BCUT2D eigenvalue weighted by Crippen LogP contribution is -2.02. The standard InChI is InChI=1S/C15H14N4O2/c1-2-12-16-8-10-19(12)15-11(6-7-14(20)21)18-9-4-3-5-13(18)17-15/h3-10H,2H2,1H3,(H,20,21). The van der Waals surface area contributed by atoms with Gasteiger partial charge in [-0.2, -0.15) is 0 Å². The lowest BCUT2D eigenvalue weighted by atomic mass is 10.3. The minimum atomic E-state index is -0.992. The summed E-state index contributed by atoms with van der Waals surface area (Å²) in [6, 6.07) is 5.65. The monoisotopic (exact) mass is 282 g/mol. The molecule has 6 nitrogen and oxygen atoms in total. The van der Waals surface area contributed by atoms with Gasteiger partial charge in [-0.05, 0) is 18.2 Å². The van der Waals surface area contributed by atoms with Crippen LogP contribution in [0.1, 0.15) is 18.4 Å². The molecule has 0 spiro atoms. The molecule has 106 valence electrons. The van der Waals surface area contributed by atoms with Crippen LogP contribution in [0.15, 0.2) is 42.9 Å². The van der Waals surface area contributed by atoms with Crippen molar-refractivity contribution in [1.82, 2.24) is 18.9 Å². The molecule has 0 unspecified atom stereocenters. The zero-order valence-electron chi connectivity index (χ0n) is 11.5. The molecule has 0 saturated heterocycles. The highest BCUT2D eigenvalue weighted by molar-refractivity contribution is 5.86. The molecule has 3 rings (SSSR count). The Bertz CT molecular complexity index is 829. The Hall–Kier alpha value is -2.89. The van der Waals surface area contributed by atoms with Crippen LogP contribution in [0.5, 0.6) is 0 Å². The third-order valence-electron chi connectivity index (χ3n) is 3.19. The van der Waals surface area contributed by atoms with Crippen molar-refractivity contribution >= 4 is 17.7 Å². The van der Waals surface area contributed by atoms with Gasteiger partial charge in [-0.15, -0.1) is 0 Å². The molecule has 0 bridgehead atoms. The number of aromatic nitrogens is 4. The maximum Gasteiger partial charge on any atom is 0.328 e. The Morgan fingerprint density at radius 1 is 1.38 bits per heavy atom. The van der Waals surface area contributed by atoms with Gasteiger partial charge in [-0.1, -0.05) is 13.0 Å². The van der Waals surface area contributed by atoms with Crippen LogP contribution in [0.3, 0.4) is 0 Å². The van der Waals surface area contributed by atoms with Crippen LogP contribution in [-0.2, 0) is 11.2 Å². The molecule has 0 amide bonds. The molecule has 6 heteroatoms. The summed E-state index contributed by atoms with van der Waals surface area (Å²) in [6.07, 6.45) is 8.84. The molecule has 0 radical (unpaired) electrons. The van der Waals surface area contributed by atoms with Crippen molar-refractivity contribution in [3.63, 3.8) is 0 Å². The van der Waals surface area contributed by atoms with Gasteiger partial charge in [0.05, 0.1) is 5.69 Å². The molecule has 0 aliphatic rings. The summed E-state index contributed by atoms with van der Waals surface area (Å²) in [7, 11) is 0. The molecule has 0 saturated carbocycles. The second-order valence-electron chi connectivity index (χ2n) is 4.49. The number of aliphatic carboxylic acids is 1. The Kier molecular flexibility index (Phi) is 3.27. The number of carboxylic acid groups (broad SMARTS) is 1. The highest BCUT2D eigenvalue weighted by atomic mass is 16.4. The van der Waals surface area contributed by atoms with Crippen LogP contribution < -0.4 is 0 Å². The SMILES string of the molecule is CCc1nccn1-c1nc2ccccn2c1C=CC(=O)O. The van der Waals surface area contributed by atoms with E-state index in [4.69, 9.17) is 5.11 Å². The highest BCUT2D eigenvalue weighted by Gasteiger charge is 2.14. The second kappa shape index (κ2) is 5.24. The quantitative estimate of drug-likeness (QED) is 0.744. The van der Waals surface area contributed by atoms with Crippen molar-refractivity contribution < 1.29 is 9.90 Å². The van der Waals surface area contributed by atoms with Gasteiger partial charge in [0.25, 0.3) is 0 Å². The molecule has 3 aromatic rings. The van der Waals surface area contributed by atoms with E-state index in [9.17, 15) is 4.79 Å². The highest BCUT2D eigenvalue weighted by Crippen LogP contribution is 2.20. The van der Waals surface area contributed by atoms with Gasteiger partial charge in [0.2, 0.25) is 0 Å². The molecule has 0 aliphatic heterocycles. The Morgan fingerprint density at radius 3 is 3.00 bits per heavy atom. The largest absolute Gasteiger partial charge is 0.478 e. The molecular weight excluding hydrogens is 268 g/mol. The number of imidazole rings is 2. The van der Waals surface area contributed by atoms with Gasteiger partial charge in [0.15, 0.2) is 5.82 Å². The molecular formula is C15H14N4O2. The molecule has 3 aromatic heterocycles. The fraction of sp³-hybridized carbons (Fsp3) is 0.133. The fourth-order valence-corrected chi connectivity index (χ4v) is 2.27. The summed E-state index contributed by atoms with van der Waals surface area (Å²) < 4.78 is 3.74. The topological polar surface area (TPSA) is 72.4 Å². The van der Waals surface area contributed by atoms with Crippen LogP contribution in [0.4, 0.5) is 0 Å². The average Bonchev–Trinajstić information content (AvgIpc) is 3.08. The molecule has 0 atom stereocenters. The number of carboxylic acids is 1. The van der Waals surface area contributed by atoms with Gasteiger partial charge in [-0.25, -0.2) is 14.8 Å².